The Balaban J connectivity index is 1.62. The highest BCUT2D eigenvalue weighted by molar-refractivity contribution is 5.84. The van der Waals surface area contributed by atoms with E-state index in [4.69, 9.17) is 9.47 Å². The van der Waals surface area contributed by atoms with Gasteiger partial charge in [0.05, 0.1) is 16.9 Å². The second kappa shape index (κ2) is 4.13. The molecule has 7 aliphatic rings. The van der Waals surface area contributed by atoms with Crippen molar-refractivity contribution < 1.29 is 24.2 Å². The van der Waals surface area contributed by atoms with Crippen molar-refractivity contribution in [1.29, 1.82) is 0 Å². The number of hydrogen-bond acceptors (Lipinski definition) is 5. The first kappa shape index (κ1) is 14.8. The van der Waals surface area contributed by atoms with E-state index < -0.39 is 16.9 Å². The average Bonchev–Trinajstić information content (AvgIpc) is 2.97. The van der Waals surface area contributed by atoms with Crippen molar-refractivity contribution in [3.8, 4) is 0 Å². The number of esters is 2. The van der Waals surface area contributed by atoms with Gasteiger partial charge in [0.15, 0.2) is 0 Å². The lowest BCUT2D eigenvalue weighted by Gasteiger charge is -2.61. The van der Waals surface area contributed by atoms with Gasteiger partial charge in [-0.25, -0.2) is 0 Å². The zero-order valence-electron chi connectivity index (χ0n) is 14.6. The predicted molar refractivity (Wildman–Crippen MR) is 86.0 cm³/mol. The maximum atomic E-state index is 13.0. The van der Waals surface area contributed by atoms with Gasteiger partial charge in [-0.15, -0.1) is 0 Å². The minimum atomic E-state index is -0.529. The van der Waals surface area contributed by atoms with E-state index in [0.29, 0.717) is 19.3 Å². The number of aliphatic hydroxyl groups excluding tert-OH is 1. The van der Waals surface area contributed by atoms with E-state index in [9.17, 15) is 14.7 Å². The zero-order valence-corrected chi connectivity index (χ0v) is 14.6. The molecule has 5 nitrogen and oxygen atoms in total. The van der Waals surface area contributed by atoms with Gasteiger partial charge in [-0.05, 0) is 50.0 Å². The summed E-state index contributed by atoms with van der Waals surface area (Å²) in [6, 6.07) is 0. The van der Waals surface area contributed by atoms with Crippen molar-refractivity contribution in [3.63, 3.8) is 0 Å². The van der Waals surface area contributed by atoms with Gasteiger partial charge in [0.25, 0.3) is 0 Å². The highest BCUT2D eigenvalue weighted by Crippen LogP contribution is 2.74. The Kier molecular flexibility index (Phi) is 2.44. The SMILES string of the molecule is CC1=C[C@H]2C[C@]3(CC[C@@]45C(=O)O[C@@H](C[C@H]4C)[C@H]4[C@H](O)[C@H]1[C@@H]3[C@H]45)C(=O)O2. The molecular formula is C20H24O5. The van der Waals surface area contributed by atoms with Crippen LogP contribution in [-0.2, 0) is 19.1 Å². The van der Waals surface area contributed by atoms with Crippen molar-refractivity contribution in [1.82, 2.24) is 0 Å². The molecule has 1 N–H and O–H groups in total. The third-order valence-electron chi connectivity index (χ3n) is 8.91. The predicted octanol–water partition coefficient (Wildman–Crippen LogP) is 1.83. The first-order valence-corrected chi connectivity index (χ1v) is 9.69. The second-order valence-electron chi connectivity index (χ2n) is 9.48. The van der Waals surface area contributed by atoms with Crippen LogP contribution in [0.1, 0.15) is 39.5 Å². The highest BCUT2D eigenvalue weighted by atomic mass is 16.6. The summed E-state index contributed by atoms with van der Waals surface area (Å²) in [6.07, 6.45) is 4.09. The first-order valence-electron chi connectivity index (χ1n) is 9.69. The Bertz CT molecular complexity index is 742. The molecule has 0 aromatic heterocycles. The van der Waals surface area contributed by atoms with Crippen molar-refractivity contribution >= 4 is 11.9 Å². The Morgan fingerprint density at radius 3 is 2.72 bits per heavy atom. The third-order valence-corrected chi connectivity index (χ3v) is 8.91. The van der Waals surface area contributed by atoms with Crippen molar-refractivity contribution in [2.24, 2.45) is 40.4 Å². The fourth-order valence-electron chi connectivity index (χ4n) is 8.06. The summed E-state index contributed by atoms with van der Waals surface area (Å²) >= 11 is 0. The smallest absolute Gasteiger partial charge is 0.313 e. The average molecular weight is 344 g/mol. The standard InChI is InChI=1S/C20H24O5/c1-8-5-10-7-19(17(22)24-10)3-4-20-9(2)6-11(25-18(20)23)13-15(20)14(19)12(8)16(13)21/h5,9-16,21H,3-4,6-7H2,1-2H3/t9-,10+,11+,12-,13-,14-,15+,16-,19+,20-/m1/s1. The van der Waals surface area contributed by atoms with Gasteiger partial charge in [-0.2, -0.15) is 0 Å². The van der Waals surface area contributed by atoms with E-state index in [1.54, 1.807) is 0 Å². The van der Waals surface area contributed by atoms with Gasteiger partial charge >= 0.3 is 11.9 Å². The van der Waals surface area contributed by atoms with Crippen molar-refractivity contribution in [2.45, 2.75) is 57.8 Å². The van der Waals surface area contributed by atoms with Crippen molar-refractivity contribution in [2.75, 3.05) is 0 Å². The lowest BCUT2D eigenvalue weighted by molar-refractivity contribution is -0.238. The van der Waals surface area contributed by atoms with Gasteiger partial charge in [0, 0.05) is 18.3 Å². The van der Waals surface area contributed by atoms with Crippen LogP contribution in [0.4, 0.5) is 0 Å². The van der Waals surface area contributed by atoms with E-state index in [-0.39, 0.29) is 53.7 Å². The molecule has 4 aliphatic carbocycles. The van der Waals surface area contributed by atoms with E-state index in [2.05, 4.69) is 19.9 Å². The molecule has 0 radical (unpaired) electrons. The molecule has 6 fully saturated rings. The van der Waals surface area contributed by atoms with Crippen molar-refractivity contribution in [3.05, 3.63) is 11.6 Å². The number of aliphatic hydroxyl groups is 1. The highest BCUT2D eigenvalue weighted by Gasteiger charge is 2.78. The number of ether oxygens (including phenoxy) is 2. The van der Waals surface area contributed by atoms with Crippen LogP contribution in [0.5, 0.6) is 0 Å². The molecule has 5 heteroatoms. The van der Waals surface area contributed by atoms with Gasteiger partial charge in [0.2, 0.25) is 0 Å². The molecule has 0 unspecified atom stereocenters. The number of carbonyl (C=O) groups is 2. The molecule has 134 valence electrons. The molecule has 3 aliphatic heterocycles. The monoisotopic (exact) mass is 344 g/mol. The molecule has 0 amide bonds. The van der Waals surface area contributed by atoms with E-state index in [1.165, 1.54) is 0 Å². The normalized spacial score (nSPS) is 60.5. The summed E-state index contributed by atoms with van der Waals surface area (Å²) in [5.41, 5.74) is 0.0867. The summed E-state index contributed by atoms with van der Waals surface area (Å²) in [6.45, 7) is 4.22. The molecular weight excluding hydrogens is 320 g/mol. The van der Waals surface area contributed by atoms with E-state index >= 15 is 0 Å². The van der Waals surface area contributed by atoms with Crippen LogP contribution in [-0.4, -0.2) is 35.4 Å². The Morgan fingerprint density at radius 2 is 1.96 bits per heavy atom. The van der Waals surface area contributed by atoms with Crippen LogP contribution in [0.2, 0.25) is 0 Å². The van der Waals surface area contributed by atoms with Crippen LogP contribution in [0.3, 0.4) is 0 Å². The first-order chi connectivity index (χ1) is 11.9. The molecule has 0 aromatic carbocycles. The lowest BCUT2D eigenvalue weighted by atomic mass is 9.43. The second-order valence-corrected chi connectivity index (χ2v) is 9.48. The van der Waals surface area contributed by atoms with Crippen LogP contribution in [0, 0.1) is 40.4 Å². The Labute approximate surface area is 146 Å². The lowest BCUT2D eigenvalue weighted by Crippen LogP contribution is -2.66. The number of rotatable bonds is 0. The quantitative estimate of drug-likeness (QED) is 0.536. The number of carbonyl (C=O) groups excluding carboxylic acids is 2. The fourth-order valence-corrected chi connectivity index (χ4v) is 8.06. The zero-order chi connectivity index (χ0) is 17.3. The minimum Gasteiger partial charge on any atom is -0.462 e. The number of fused-ring (bicyclic) bond motifs is 3. The largest absolute Gasteiger partial charge is 0.462 e. The molecule has 10 atom stereocenters. The maximum absolute atomic E-state index is 13.0. The minimum absolute atomic E-state index is 0.00981. The molecule has 2 spiro atoms. The summed E-state index contributed by atoms with van der Waals surface area (Å²) in [5, 5.41) is 11.3. The number of hydrogen-bond donors (Lipinski definition) is 1. The summed E-state index contributed by atoms with van der Waals surface area (Å²) in [7, 11) is 0. The fraction of sp³-hybridized carbons (Fsp3) is 0.800. The molecule has 3 heterocycles. The summed E-state index contributed by atoms with van der Waals surface area (Å²) in [5.74, 6) is 0.0586. The van der Waals surface area contributed by atoms with E-state index in [0.717, 1.165) is 12.0 Å². The summed E-state index contributed by atoms with van der Waals surface area (Å²) in [4.78, 5) is 25.9. The van der Waals surface area contributed by atoms with Crippen LogP contribution in [0.15, 0.2) is 11.6 Å². The molecule has 0 aromatic rings. The Morgan fingerprint density at radius 1 is 1.16 bits per heavy atom. The van der Waals surface area contributed by atoms with Crippen LogP contribution in [0.25, 0.3) is 0 Å². The molecule has 25 heavy (non-hydrogen) atoms. The molecule has 7 rings (SSSR count). The third kappa shape index (κ3) is 1.35. The Hall–Kier alpha value is -1.36. The van der Waals surface area contributed by atoms with Gasteiger partial charge < -0.3 is 14.6 Å². The molecule has 3 saturated heterocycles. The van der Waals surface area contributed by atoms with Crippen LogP contribution >= 0.6 is 0 Å². The molecule has 4 bridgehead atoms. The van der Waals surface area contributed by atoms with Gasteiger partial charge in [-0.1, -0.05) is 12.5 Å². The molecule has 3 saturated carbocycles. The van der Waals surface area contributed by atoms with Crippen LogP contribution < -0.4 is 0 Å². The maximum Gasteiger partial charge on any atom is 0.313 e. The van der Waals surface area contributed by atoms with E-state index in [1.807, 2.05) is 0 Å². The topological polar surface area (TPSA) is 72.8 Å². The van der Waals surface area contributed by atoms with Gasteiger partial charge in [0.1, 0.15) is 12.2 Å². The summed E-state index contributed by atoms with van der Waals surface area (Å²) < 4.78 is 11.5. The van der Waals surface area contributed by atoms with Gasteiger partial charge in [-0.3, -0.25) is 9.59 Å².